The van der Waals surface area contributed by atoms with Crippen molar-refractivity contribution in [3.63, 3.8) is 0 Å². The fourth-order valence-electron chi connectivity index (χ4n) is 3.63. The number of methoxy groups -OCH3 is 1. The van der Waals surface area contributed by atoms with Gasteiger partial charge in [-0.1, -0.05) is 32.4 Å². The molecule has 0 aliphatic carbocycles. The minimum atomic E-state index is -2.81. The van der Waals surface area contributed by atoms with E-state index in [0.717, 1.165) is 12.8 Å². The molecule has 1 aliphatic rings. The second-order valence-electron chi connectivity index (χ2n) is 7.69. The smallest absolute Gasteiger partial charge is 0.295 e. The number of guanidine groups is 1. The predicted molar refractivity (Wildman–Crippen MR) is 127 cm³/mol. The van der Waals surface area contributed by atoms with Crippen LogP contribution in [-0.4, -0.2) is 35.3 Å². The van der Waals surface area contributed by atoms with Crippen molar-refractivity contribution in [1.29, 1.82) is 0 Å². The minimum absolute atomic E-state index is 0.0882. The summed E-state index contributed by atoms with van der Waals surface area (Å²) in [5, 5.41) is 6.67. The van der Waals surface area contributed by atoms with Gasteiger partial charge in [-0.15, -0.1) is 0 Å². The number of nitrogens with one attached hydrogen (secondary N) is 2. The van der Waals surface area contributed by atoms with E-state index in [9.17, 15) is 13.2 Å². The molecule has 0 fully saturated rings. The van der Waals surface area contributed by atoms with Gasteiger partial charge in [0.05, 0.1) is 10.5 Å². The zero-order valence-electron chi connectivity index (χ0n) is 19.9. The van der Waals surface area contributed by atoms with Crippen LogP contribution in [0.3, 0.4) is 0 Å². The van der Waals surface area contributed by atoms with Crippen LogP contribution in [0.4, 0.5) is 13.2 Å². The van der Waals surface area contributed by atoms with E-state index in [1.165, 1.54) is 10.6 Å². The number of aromatic nitrogens is 2. The number of ether oxygens (including phenoxy) is 1. The molecule has 2 N–H and O–H groups in total. The van der Waals surface area contributed by atoms with Gasteiger partial charge in [-0.25, -0.2) is 23.1 Å². The van der Waals surface area contributed by atoms with E-state index >= 15 is 0 Å². The fraction of sp³-hybridized carbons (Fsp3) is 0.565. The SMILES string of the molecule is CC.CCC(CCOC)NC1=NC(c2cc(F)c3nc(C(F)F)n(C(C)C)c3c2)C(Cl)=CN1. The molecule has 1 aromatic heterocycles. The molecule has 33 heavy (non-hydrogen) atoms. The average Bonchev–Trinajstić information content (AvgIpc) is 3.20. The summed E-state index contributed by atoms with van der Waals surface area (Å²) in [6.45, 7) is 10.2. The highest BCUT2D eigenvalue weighted by Crippen LogP contribution is 2.35. The average molecular weight is 488 g/mol. The molecule has 6 nitrogen and oxygen atoms in total. The van der Waals surface area contributed by atoms with Crippen molar-refractivity contribution < 1.29 is 17.9 Å². The van der Waals surface area contributed by atoms with Crippen LogP contribution in [0, 0.1) is 5.82 Å². The monoisotopic (exact) mass is 487 g/mol. The Morgan fingerprint density at radius 2 is 1.97 bits per heavy atom. The third-order valence-corrected chi connectivity index (χ3v) is 5.51. The van der Waals surface area contributed by atoms with Crippen LogP contribution in [0.15, 0.2) is 28.4 Å². The van der Waals surface area contributed by atoms with E-state index in [0.29, 0.717) is 28.7 Å². The number of fused-ring (bicyclic) bond motifs is 1. The highest BCUT2D eigenvalue weighted by atomic mass is 35.5. The van der Waals surface area contributed by atoms with Gasteiger partial charge >= 0.3 is 0 Å². The van der Waals surface area contributed by atoms with Gasteiger partial charge in [0.2, 0.25) is 0 Å². The Kier molecular flexibility index (Phi) is 10.0. The molecule has 3 rings (SSSR count). The zero-order chi connectivity index (χ0) is 24.7. The van der Waals surface area contributed by atoms with Crippen LogP contribution in [0.1, 0.15) is 77.4 Å². The number of nitrogens with zero attached hydrogens (tertiary/aromatic N) is 3. The number of hydrogen-bond donors (Lipinski definition) is 2. The predicted octanol–water partition coefficient (Wildman–Crippen LogP) is 6.21. The molecule has 10 heteroatoms. The number of imidazole rings is 1. The third-order valence-electron chi connectivity index (χ3n) is 5.20. The molecule has 0 saturated heterocycles. The second kappa shape index (κ2) is 12.3. The van der Waals surface area contributed by atoms with Gasteiger partial charge in [0.15, 0.2) is 17.6 Å². The van der Waals surface area contributed by atoms with Crippen LogP contribution >= 0.6 is 11.6 Å². The Hall–Kier alpha value is -2.26. The molecular formula is C23H33ClF3N5O. The van der Waals surface area contributed by atoms with Gasteiger partial charge in [-0.3, -0.25) is 0 Å². The van der Waals surface area contributed by atoms with E-state index < -0.39 is 24.1 Å². The van der Waals surface area contributed by atoms with Crippen LogP contribution in [0.25, 0.3) is 11.0 Å². The topological polar surface area (TPSA) is 63.5 Å². The lowest BCUT2D eigenvalue weighted by atomic mass is 10.0. The van der Waals surface area contributed by atoms with E-state index in [-0.39, 0.29) is 17.6 Å². The van der Waals surface area contributed by atoms with Gasteiger partial charge in [-0.05, 0) is 44.4 Å². The van der Waals surface area contributed by atoms with Crippen molar-refractivity contribution in [3.8, 4) is 0 Å². The first-order valence-electron chi connectivity index (χ1n) is 11.2. The molecule has 0 spiro atoms. The molecule has 0 saturated carbocycles. The summed E-state index contributed by atoms with van der Waals surface area (Å²) in [7, 11) is 1.65. The molecule has 2 atom stereocenters. The van der Waals surface area contributed by atoms with Gasteiger partial charge in [-0.2, -0.15) is 0 Å². The first kappa shape index (κ1) is 27.0. The number of alkyl halides is 2. The van der Waals surface area contributed by atoms with Crippen molar-refractivity contribution in [2.45, 2.75) is 72.0 Å². The maximum absolute atomic E-state index is 14.9. The summed E-state index contributed by atoms with van der Waals surface area (Å²) in [5.74, 6) is -0.640. The van der Waals surface area contributed by atoms with Gasteiger partial charge in [0.1, 0.15) is 11.6 Å². The van der Waals surface area contributed by atoms with Crippen LogP contribution in [0.2, 0.25) is 0 Å². The zero-order valence-corrected chi connectivity index (χ0v) is 20.7. The molecule has 1 aliphatic heterocycles. The van der Waals surface area contributed by atoms with Crippen molar-refractivity contribution in [2.24, 2.45) is 4.99 Å². The first-order chi connectivity index (χ1) is 15.8. The number of halogens is 4. The summed E-state index contributed by atoms with van der Waals surface area (Å²) < 4.78 is 48.3. The molecule has 1 aromatic carbocycles. The number of aliphatic imine (C=N–C) groups is 1. The lowest BCUT2D eigenvalue weighted by molar-refractivity contribution is 0.134. The lowest BCUT2D eigenvalue weighted by Gasteiger charge is -2.25. The van der Waals surface area contributed by atoms with E-state index in [1.54, 1.807) is 33.2 Å². The summed E-state index contributed by atoms with van der Waals surface area (Å²) in [4.78, 5) is 8.45. The second-order valence-corrected chi connectivity index (χ2v) is 8.13. The maximum atomic E-state index is 14.9. The molecule has 184 valence electrons. The van der Waals surface area contributed by atoms with Gasteiger partial charge < -0.3 is 19.9 Å². The summed E-state index contributed by atoms with van der Waals surface area (Å²) in [6, 6.07) is 2.02. The van der Waals surface area contributed by atoms with Crippen molar-refractivity contribution in [2.75, 3.05) is 13.7 Å². The first-order valence-corrected chi connectivity index (χ1v) is 11.6. The molecular weight excluding hydrogens is 455 g/mol. The summed E-state index contributed by atoms with van der Waals surface area (Å²) in [5.41, 5.74) is 0.661. The highest BCUT2D eigenvalue weighted by molar-refractivity contribution is 6.30. The number of benzene rings is 1. The molecule has 2 unspecified atom stereocenters. The molecule has 0 amide bonds. The molecule has 0 bridgehead atoms. The van der Waals surface area contributed by atoms with E-state index in [2.05, 4.69) is 20.6 Å². The van der Waals surface area contributed by atoms with Crippen LogP contribution in [0.5, 0.6) is 0 Å². The molecule has 2 aromatic rings. The number of hydrogen-bond acceptors (Lipinski definition) is 5. The van der Waals surface area contributed by atoms with Crippen molar-refractivity contribution >= 4 is 28.6 Å². The number of rotatable bonds is 8. The Balaban J connectivity index is 0.00000187. The van der Waals surface area contributed by atoms with Crippen molar-refractivity contribution in [3.05, 3.63) is 40.6 Å². The Labute approximate surface area is 198 Å². The van der Waals surface area contributed by atoms with Gasteiger partial charge in [0.25, 0.3) is 6.43 Å². The quantitative estimate of drug-likeness (QED) is 0.465. The standard InChI is InChI=1S/C21H27ClF3N5O.C2H6/c1-5-13(6-7-31-4)27-21-26-10-14(22)17(29-21)12-8-15(23)18-16(9-12)30(11(2)3)20(28-18)19(24)25;1-2/h8-11,13,17,19H,5-7H2,1-4H3,(H2,26,27,29);1-2H3. The Morgan fingerprint density at radius 1 is 1.27 bits per heavy atom. The molecule has 2 heterocycles. The van der Waals surface area contributed by atoms with Gasteiger partial charge in [0, 0.05) is 32.0 Å². The Morgan fingerprint density at radius 3 is 2.55 bits per heavy atom. The largest absolute Gasteiger partial charge is 0.385 e. The molecule has 0 radical (unpaired) electrons. The lowest BCUT2D eigenvalue weighted by Crippen LogP contribution is -2.43. The highest BCUT2D eigenvalue weighted by Gasteiger charge is 2.26. The van der Waals surface area contributed by atoms with Crippen LogP contribution in [-0.2, 0) is 4.74 Å². The van der Waals surface area contributed by atoms with Crippen LogP contribution < -0.4 is 10.6 Å². The van der Waals surface area contributed by atoms with Crippen molar-refractivity contribution in [1.82, 2.24) is 20.2 Å². The minimum Gasteiger partial charge on any atom is -0.385 e. The van der Waals surface area contributed by atoms with E-state index in [4.69, 9.17) is 16.3 Å². The summed E-state index contributed by atoms with van der Waals surface area (Å²) in [6.07, 6.45) is 0.431. The maximum Gasteiger partial charge on any atom is 0.295 e. The third kappa shape index (κ3) is 6.20. The fourth-order valence-corrected chi connectivity index (χ4v) is 3.86. The van der Waals surface area contributed by atoms with E-state index in [1.807, 2.05) is 20.8 Å². The summed E-state index contributed by atoms with van der Waals surface area (Å²) >= 11 is 6.38. The normalized spacial score (nSPS) is 16.8. The Bertz CT molecular complexity index is 990.